The van der Waals surface area contributed by atoms with Gasteiger partial charge in [-0.15, -0.1) is 0 Å². The lowest BCUT2D eigenvalue weighted by molar-refractivity contribution is -0.870. The highest BCUT2D eigenvalue weighted by atomic mass is 31.2. The molecule has 0 aliphatic rings. The van der Waals surface area contributed by atoms with Gasteiger partial charge in [-0.1, -0.05) is 154 Å². The normalized spacial score (nSPS) is 14.0. The summed E-state index contributed by atoms with van der Waals surface area (Å²) in [6.45, 7) is 4.71. The fourth-order valence-electron chi connectivity index (χ4n) is 5.73. The van der Waals surface area contributed by atoms with Gasteiger partial charge in [-0.25, -0.2) is 0 Å². The number of unbranched alkanes of at least 4 members (excludes halogenated alkanes) is 23. The smallest absolute Gasteiger partial charge is 0.306 e. The number of rotatable bonds is 39. The van der Waals surface area contributed by atoms with Crippen LogP contribution >= 0.6 is 7.82 Å². The van der Waals surface area contributed by atoms with Crippen LogP contribution in [0.2, 0.25) is 0 Å². The van der Waals surface area contributed by atoms with Crippen molar-refractivity contribution >= 4 is 13.8 Å². The number of carbonyl (C=O) groups excluding carboxylic acids is 1. The zero-order valence-corrected chi connectivity index (χ0v) is 35.0. The number of phosphoric acid groups is 1. The molecule has 51 heavy (non-hydrogen) atoms. The maximum absolute atomic E-state index is 12.6. The summed E-state index contributed by atoms with van der Waals surface area (Å²) in [6, 6.07) is 0. The molecule has 0 spiro atoms. The molecule has 8 nitrogen and oxygen atoms in total. The molecule has 0 rings (SSSR count). The summed E-state index contributed by atoms with van der Waals surface area (Å²) >= 11 is 0. The van der Waals surface area contributed by atoms with Gasteiger partial charge in [0.05, 0.1) is 34.0 Å². The molecule has 0 amide bonds. The maximum Gasteiger partial charge on any atom is 0.306 e. The Morgan fingerprint density at radius 1 is 0.608 bits per heavy atom. The molecule has 0 heterocycles. The predicted octanol–water partition coefficient (Wildman–Crippen LogP) is 11.8. The SMILES string of the molecule is CCCC/C=C/CCCCCCCCCCCC(=O)O[C@H](CO/C=C/CCCCCCCCCCCCCC)COP(=O)([O-])OCC[N+](C)(C)C. The Bertz CT molecular complexity index is 874. The summed E-state index contributed by atoms with van der Waals surface area (Å²) in [5.41, 5.74) is 0. The summed E-state index contributed by atoms with van der Waals surface area (Å²) in [4.78, 5) is 25.0. The Labute approximate surface area is 315 Å². The number of hydrogen-bond acceptors (Lipinski definition) is 7. The lowest BCUT2D eigenvalue weighted by Gasteiger charge is -2.28. The Hall–Kier alpha value is -1.18. The predicted molar refractivity (Wildman–Crippen MR) is 213 cm³/mol. The van der Waals surface area contributed by atoms with Crippen molar-refractivity contribution in [3.63, 3.8) is 0 Å². The standard InChI is InChI=1S/C42H82NO7P/c1-6-8-10-12-14-16-18-20-22-23-25-27-29-31-33-35-42(44)50-41(40-49-51(45,46)48-38-36-43(3,4)5)39-47-37-34-32-30-28-26-24-21-19-17-15-13-11-9-7-2/h12,14,34,37,41H,6-11,13,15-33,35-36,38-40H2,1-5H3/b14-12+,37-34+/t41-/m1/s1. The first kappa shape index (κ1) is 49.8. The largest absolute Gasteiger partial charge is 0.756 e. The van der Waals surface area contributed by atoms with Crippen LogP contribution in [0.5, 0.6) is 0 Å². The molecule has 0 aromatic heterocycles. The second kappa shape index (κ2) is 35.8. The van der Waals surface area contributed by atoms with Crippen LogP contribution in [0.3, 0.4) is 0 Å². The van der Waals surface area contributed by atoms with Gasteiger partial charge in [0.1, 0.15) is 19.8 Å². The van der Waals surface area contributed by atoms with Gasteiger partial charge in [-0.3, -0.25) is 9.36 Å². The number of ether oxygens (including phenoxy) is 2. The van der Waals surface area contributed by atoms with E-state index in [9.17, 15) is 14.3 Å². The molecule has 0 bridgehead atoms. The average Bonchev–Trinajstić information content (AvgIpc) is 3.08. The van der Waals surface area contributed by atoms with Gasteiger partial charge in [0.2, 0.25) is 0 Å². The van der Waals surface area contributed by atoms with Gasteiger partial charge in [0, 0.05) is 6.42 Å². The monoisotopic (exact) mass is 744 g/mol. The topological polar surface area (TPSA) is 94.1 Å². The van der Waals surface area contributed by atoms with E-state index in [1.165, 1.54) is 135 Å². The molecule has 0 saturated carbocycles. The number of quaternary nitrogens is 1. The second-order valence-electron chi connectivity index (χ2n) is 15.4. The van der Waals surface area contributed by atoms with Crippen LogP contribution in [-0.4, -0.2) is 64.1 Å². The zero-order chi connectivity index (χ0) is 37.7. The van der Waals surface area contributed by atoms with E-state index in [1.807, 2.05) is 27.2 Å². The summed E-state index contributed by atoms with van der Waals surface area (Å²) in [5.74, 6) is -0.358. The van der Waals surface area contributed by atoms with Crippen molar-refractivity contribution in [2.75, 3.05) is 47.5 Å². The number of esters is 1. The van der Waals surface area contributed by atoms with Crippen molar-refractivity contribution < 1.29 is 37.3 Å². The van der Waals surface area contributed by atoms with Crippen molar-refractivity contribution in [2.24, 2.45) is 0 Å². The molecule has 0 aliphatic carbocycles. The summed E-state index contributed by atoms with van der Waals surface area (Å²) < 4.78 is 34.3. The highest BCUT2D eigenvalue weighted by Gasteiger charge is 2.20. The molecule has 9 heteroatoms. The lowest BCUT2D eigenvalue weighted by atomic mass is 10.0. The average molecular weight is 744 g/mol. The Morgan fingerprint density at radius 3 is 1.57 bits per heavy atom. The summed E-state index contributed by atoms with van der Waals surface area (Å²) in [5, 5.41) is 0. The third-order valence-corrected chi connectivity index (χ3v) is 10.0. The van der Waals surface area contributed by atoms with Crippen LogP contribution in [0.25, 0.3) is 0 Å². The number of phosphoric ester groups is 1. The van der Waals surface area contributed by atoms with Crippen LogP contribution in [0.4, 0.5) is 0 Å². The van der Waals surface area contributed by atoms with E-state index in [2.05, 4.69) is 26.0 Å². The zero-order valence-electron chi connectivity index (χ0n) is 34.1. The van der Waals surface area contributed by atoms with E-state index in [4.69, 9.17) is 18.5 Å². The van der Waals surface area contributed by atoms with Crippen molar-refractivity contribution in [1.29, 1.82) is 0 Å². The Balaban J connectivity index is 4.30. The summed E-state index contributed by atoms with van der Waals surface area (Å²) in [7, 11) is 1.33. The first-order valence-electron chi connectivity index (χ1n) is 21.1. The van der Waals surface area contributed by atoms with E-state index in [0.29, 0.717) is 17.4 Å². The molecule has 0 radical (unpaired) electrons. The van der Waals surface area contributed by atoms with Crippen LogP contribution in [0, 0.1) is 0 Å². The third kappa shape index (κ3) is 39.9. The first-order valence-corrected chi connectivity index (χ1v) is 22.6. The van der Waals surface area contributed by atoms with Gasteiger partial charge in [-0.05, 0) is 44.6 Å². The molecule has 1 unspecified atom stereocenters. The Morgan fingerprint density at radius 2 is 1.06 bits per heavy atom. The molecule has 0 saturated heterocycles. The van der Waals surface area contributed by atoms with Gasteiger partial charge >= 0.3 is 5.97 Å². The summed E-state index contributed by atoms with van der Waals surface area (Å²) in [6.07, 6.45) is 39.9. The minimum absolute atomic E-state index is 0.0177. The quantitative estimate of drug-likeness (QED) is 0.0154. The minimum atomic E-state index is -4.53. The lowest BCUT2D eigenvalue weighted by Crippen LogP contribution is -2.37. The van der Waals surface area contributed by atoms with Gasteiger partial charge in [0.15, 0.2) is 6.10 Å². The van der Waals surface area contributed by atoms with Crippen LogP contribution < -0.4 is 4.89 Å². The number of hydrogen-bond donors (Lipinski definition) is 0. The molecule has 0 aromatic rings. The molecule has 302 valence electrons. The first-order chi connectivity index (χ1) is 24.6. The van der Waals surface area contributed by atoms with Crippen molar-refractivity contribution in [3.05, 3.63) is 24.5 Å². The highest BCUT2D eigenvalue weighted by Crippen LogP contribution is 2.38. The highest BCUT2D eigenvalue weighted by molar-refractivity contribution is 7.45. The van der Waals surface area contributed by atoms with Crippen LogP contribution in [-0.2, 0) is 27.9 Å². The van der Waals surface area contributed by atoms with E-state index >= 15 is 0 Å². The van der Waals surface area contributed by atoms with E-state index < -0.39 is 13.9 Å². The van der Waals surface area contributed by atoms with Crippen LogP contribution in [0.1, 0.15) is 187 Å². The van der Waals surface area contributed by atoms with Gasteiger partial charge < -0.3 is 27.9 Å². The van der Waals surface area contributed by atoms with E-state index in [1.54, 1.807) is 6.26 Å². The molecule has 0 fully saturated rings. The Kier molecular flexibility index (Phi) is 35.0. The fraction of sp³-hybridized carbons (Fsp3) is 0.881. The number of nitrogens with zero attached hydrogens (tertiary/aromatic N) is 1. The van der Waals surface area contributed by atoms with E-state index in [-0.39, 0.29) is 25.8 Å². The molecule has 0 N–H and O–H groups in total. The molecule has 0 aliphatic heterocycles. The number of allylic oxidation sites excluding steroid dienone is 3. The maximum atomic E-state index is 12.6. The van der Waals surface area contributed by atoms with Crippen LogP contribution in [0.15, 0.2) is 24.5 Å². The van der Waals surface area contributed by atoms with Crippen molar-refractivity contribution in [3.8, 4) is 0 Å². The van der Waals surface area contributed by atoms with Gasteiger partial charge in [0.25, 0.3) is 7.82 Å². The number of likely N-dealkylation sites (N-methyl/N-ethyl adjacent to an activating group) is 1. The van der Waals surface area contributed by atoms with Crippen molar-refractivity contribution in [1.82, 2.24) is 0 Å². The molecule has 0 aromatic carbocycles. The second-order valence-corrected chi connectivity index (χ2v) is 16.8. The fourth-order valence-corrected chi connectivity index (χ4v) is 6.46. The molecule has 2 atom stereocenters. The number of carbonyl (C=O) groups is 1. The minimum Gasteiger partial charge on any atom is -0.756 e. The van der Waals surface area contributed by atoms with Gasteiger partial charge in [-0.2, -0.15) is 0 Å². The van der Waals surface area contributed by atoms with E-state index in [0.717, 1.165) is 32.1 Å². The molecular formula is C42H82NO7P. The molecular weight excluding hydrogens is 661 g/mol. The third-order valence-electron chi connectivity index (χ3n) is 9.07. The van der Waals surface area contributed by atoms with Crippen molar-refractivity contribution in [2.45, 2.75) is 193 Å².